The molecule has 0 bridgehead atoms. The number of nitrogens with zero attached hydrogens (tertiary/aromatic N) is 2. The Labute approximate surface area is 97.7 Å². The van der Waals surface area contributed by atoms with Crippen LogP contribution in [0.1, 0.15) is 20.8 Å². The van der Waals surface area contributed by atoms with E-state index < -0.39 is 8.80 Å². The van der Waals surface area contributed by atoms with Crippen LogP contribution in [-0.2, 0) is 20.3 Å². The van der Waals surface area contributed by atoms with Crippen molar-refractivity contribution in [3.63, 3.8) is 0 Å². The summed E-state index contributed by atoms with van der Waals surface area (Å²) in [4.78, 5) is 4.09. The third-order valence-electron chi connectivity index (χ3n) is 2.13. The van der Waals surface area contributed by atoms with Crippen molar-refractivity contribution >= 4 is 14.1 Å². The molecule has 0 aliphatic rings. The smallest absolute Gasteiger partial charge is 0.369 e. The number of aryl methyl sites for hydroxylation is 1. The van der Waals surface area contributed by atoms with Crippen LogP contribution in [0.2, 0.25) is 0 Å². The van der Waals surface area contributed by atoms with Gasteiger partial charge in [0, 0.05) is 26.9 Å². The van der Waals surface area contributed by atoms with Crippen LogP contribution >= 0.6 is 0 Å². The molecule has 1 aromatic heterocycles. The Bertz CT molecular complexity index is 300. The minimum atomic E-state index is -2.76. The van der Waals surface area contributed by atoms with Crippen molar-refractivity contribution in [3.8, 4) is 0 Å². The highest BCUT2D eigenvalue weighted by atomic mass is 28.4. The Hall–Kier alpha value is -0.693. The molecule has 92 valence electrons. The van der Waals surface area contributed by atoms with Gasteiger partial charge in [0.2, 0.25) is 0 Å². The van der Waals surface area contributed by atoms with E-state index in [0.29, 0.717) is 19.8 Å². The molecule has 0 N–H and O–H groups in total. The van der Waals surface area contributed by atoms with Crippen LogP contribution in [-0.4, -0.2) is 38.2 Å². The van der Waals surface area contributed by atoms with Crippen molar-refractivity contribution in [2.24, 2.45) is 7.05 Å². The number of hydrogen-bond acceptors (Lipinski definition) is 4. The molecule has 0 fully saturated rings. The molecule has 0 radical (unpaired) electrons. The number of rotatable bonds is 7. The predicted octanol–water partition coefficient (Wildman–Crippen LogP) is 0.675. The summed E-state index contributed by atoms with van der Waals surface area (Å²) in [5, 5.41) is 0.901. The highest BCUT2D eigenvalue weighted by Gasteiger charge is 2.45. The van der Waals surface area contributed by atoms with Crippen molar-refractivity contribution in [2.75, 3.05) is 19.8 Å². The summed E-state index contributed by atoms with van der Waals surface area (Å²) < 4.78 is 19.2. The second-order valence-electron chi connectivity index (χ2n) is 3.25. The van der Waals surface area contributed by atoms with E-state index >= 15 is 0 Å². The van der Waals surface area contributed by atoms with Gasteiger partial charge in [-0.25, -0.2) is 4.98 Å². The molecule has 0 spiro atoms. The molecule has 0 aromatic carbocycles. The topological polar surface area (TPSA) is 45.5 Å². The average molecular weight is 244 g/mol. The zero-order chi connectivity index (χ0) is 12.0. The lowest BCUT2D eigenvalue weighted by Crippen LogP contribution is -2.59. The maximum Gasteiger partial charge on any atom is 0.556 e. The van der Waals surface area contributed by atoms with Crippen LogP contribution in [0.15, 0.2) is 12.5 Å². The van der Waals surface area contributed by atoms with Crippen LogP contribution < -0.4 is 5.32 Å². The van der Waals surface area contributed by atoms with Crippen molar-refractivity contribution < 1.29 is 13.3 Å². The standard InChI is InChI=1S/C10H20N2O3Si/c1-5-13-16(14-6-2,15-7-3)10-8-11-9-12(10)4/h8-9H,5-7H2,1-4H3. The van der Waals surface area contributed by atoms with E-state index in [4.69, 9.17) is 13.3 Å². The van der Waals surface area contributed by atoms with Crippen molar-refractivity contribution in [1.82, 2.24) is 9.55 Å². The Morgan fingerprint density at radius 3 is 1.94 bits per heavy atom. The highest BCUT2D eigenvalue weighted by molar-refractivity contribution is 6.74. The van der Waals surface area contributed by atoms with E-state index in [9.17, 15) is 0 Å². The molecule has 0 saturated carbocycles. The first-order valence-corrected chi connectivity index (χ1v) is 7.31. The normalized spacial score (nSPS) is 12.0. The largest absolute Gasteiger partial charge is 0.556 e. The maximum atomic E-state index is 5.77. The van der Waals surface area contributed by atoms with Gasteiger partial charge < -0.3 is 17.8 Å². The van der Waals surface area contributed by atoms with Crippen molar-refractivity contribution in [2.45, 2.75) is 20.8 Å². The molecule has 0 saturated heterocycles. The quantitative estimate of drug-likeness (QED) is 0.662. The Balaban J connectivity index is 3.04. The van der Waals surface area contributed by atoms with Gasteiger partial charge in [-0.3, -0.25) is 0 Å². The lowest BCUT2D eigenvalue weighted by Gasteiger charge is -2.28. The van der Waals surface area contributed by atoms with Gasteiger partial charge in [0.15, 0.2) is 0 Å². The maximum absolute atomic E-state index is 5.77. The first-order chi connectivity index (χ1) is 7.70. The lowest BCUT2D eigenvalue weighted by atomic mass is 10.9. The van der Waals surface area contributed by atoms with Gasteiger partial charge in [-0.05, 0) is 20.8 Å². The molecule has 0 atom stereocenters. The molecule has 0 unspecified atom stereocenters. The summed E-state index contributed by atoms with van der Waals surface area (Å²) in [7, 11) is -0.846. The summed E-state index contributed by atoms with van der Waals surface area (Å²) >= 11 is 0. The van der Waals surface area contributed by atoms with Gasteiger partial charge in [-0.2, -0.15) is 0 Å². The van der Waals surface area contributed by atoms with E-state index in [1.165, 1.54) is 0 Å². The van der Waals surface area contributed by atoms with E-state index in [-0.39, 0.29) is 0 Å². The SMILES string of the molecule is CCO[Si](OCC)(OCC)c1cncn1C. The second-order valence-corrected chi connectivity index (χ2v) is 5.74. The molecule has 0 aliphatic heterocycles. The number of aromatic nitrogens is 2. The molecule has 16 heavy (non-hydrogen) atoms. The van der Waals surface area contributed by atoms with Gasteiger partial charge in [0.1, 0.15) is 5.32 Å². The third-order valence-corrected chi connectivity index (χ3v) is 5.25. The minimum Gasteiger partial charge on any atom is -0.369 e. The zero-order valence-corrected chi connectivity index (χ0v) is 11.4. The van der Waals surface area contributed by atoms with Crippen molar-refractivity contribution in [3.05, 3.63) is 12.5 Å². The summed E-state index contributed by atoms with van der Waals surface area (Å²) in [5.41, 5.74) is 0. The van der Waals surface area contributed by atoms with Gasteiger partial charge in [0.05, 0.1) is 12.5 Å². The first-order valence-electron chi connectivity index (χ1n) is 5.58. The number of imidazole rings is 1. The second kappa shape index (κ2) is 6.14. The van der Waals surface area contributed by atoms with E-state index in [0.717, 1.165) is 5.32 Å². The monoisotopic (exact) mass is 244 g/mol. The lowest BCUT2D eigenvalue weighted by molar-refractivity contribution is 0.0845. The van der Waals surface area contributed by atoms with E-state index in [2.05, 4.69) is 4.98 Å². The Kier molecular flexibility index (Phi) is 5.13. The molecular formula is C10H20N2O3Si. The van der Waals surface area contributed by atoms with Gasteiger partial charge in [0.25, 0.3) is 0 Å². The molecular weight excluding hydrogens is 224 g/mol. The van der Waals surface area contributed by atoms with Crippen molar-refractivity contribution in [1.29, 1.82) is 0 Å². The molecule has 1 aromatic rings. The van der Waals surface area contributed by atoms with Crippen LogP contribution in [0.3, 0.4) is 0 Å². The molecule has 1 heterocycles. The fraction of sp³-hybridized carbons (Fsp3) is 0.700. The van der Waals surface area contributed by atoms with E-state index in [1.807, 2.05) is 32.4 Å². The van der Waals surface area contributed by atoms with Crippen LogP contribution in [0.25, 0.3) is 0 Å². The summed E-state index contributed by atoms with van der Waals surface area (Å²) in [5.74, 6) is 0. The fourth-order valence-electron chi connectivity index (χ4n) is 1.57. The number of hydrogen-bond donors (Lipinski definition) is 0. The fourth-order valence-corrected chi connectivity index (χ4v) is 4.13. The summed E-state index contributed by atoms with van der Waals surface area (Å²) in [6.45, 7) is 7.52. The molecule has 0 aliphatic carbocycles. The molecule has 5 nitrogen and oxygen atoms in total. The van der Waals surface area contributed by atoms with Gasteiger partial charge in [-0.15, -0.1) is 0 Å². The zero-order valence-electron chi connectivity index (χ0n) is 10.4. The minimum absolute atomic E-state index is 0.567. The first kappa shape index (κ1) is 13.4. The van der Waals surface area contributed by atoms with Gasteiger partial charge >= 0.3 is 8.80 Å². The Morgan fingerprint density at radius 2 is 1.62 bits per heavy atom. The average Bonchev–Trinajstić information content (AvgIpc) is 2.66. The van der Waals surface area contributed by atoms with Crippen LogP contribution in [0.4, 0.5) is 0 Å². The van der Waals surface area contributed by atoms with Crippen LogP contribution in [0, 0.1) is 0 Å². The third kappa shape index (κ3) is 2.70. The molecule has 6 heteroatoms. The predicted molar refractivity (Wildman–Crippen MR) is 63.5 cm³/mol. The van der Waals surface area contributed by atoms with E-state index in [1.54, 1.807) is 12.5 Å². The highest BCUT2D eigenvalue weighted by Crippen LogP contribution is 2.10. The summed E-state index contributed by atoms with van der Waals surface area (Å²) in [6.07, 6.45) is 3.49. The molecule has 0 amide bonds. The summed E-state index contributed by atoms with van der Waals surface area (Å²) in [6, 6.07) is 0. The Morgan fingerprint density at radius 1 is 1.12 bits per heavy atom. The molecule has 1 rings (SSSR count). The van der Waals surface area contributed by atoms with Crippen LogP contribution in [0.5, 0.6) is 0 Å². The van der Waals surface area contributed by atoms with Gasteiger partial charge in [-0.1, -0.05) is 0 Å².